The molecule has 1 amide bonds. The lowest BCUT2D eigenvalue weighted by Crippen LogP contribution is -2.29. The molecule has 15 heavy (non-hydrogen) atoms. The van der Waals surface area contributed by atoms with Gasteiger partial charge in [-0.15, -0.1) is 0 Å². The topological polar surface area (TPSA) is 104 Å². The maximum Gasteiger partial charge on any atom is 0.357 e. The molecule has 7 heteroatoms. The van der Waals surface area contributed by atoms with E-state index in [1.54, 1.807) is 6.92 Å². The predicted octanol–water partition coefficient (Wildman–Crippen LogP) is -0.0792. The van der Waals surface area contributed by atoms with Crippen LogP contribution in [0.5, 0.6) is 0 Å². The number of hydrogen-bond acceptors (Lipinski definition) is 5. The fourth-order valence-electron chi connectivity index (χ4n) is 0.869. The third-order valence-electron chi connectivity index (χ3n) is 1.50. The van der Waals surface area contributed by atoms with Crippen LogP contribution in [0.4, 0.5) is 6.01 Å². The smallest absolute Gasteiger partial charge is 0.357 e. The van der Waals surface area contributed by atoms with Gasteiger partial charge < -0.3 is 20.2 Å². The van der Waals surface area contributed by atoms with E-state index in [-0.39, 0.29) is 24.2 Å². The number of aromatic nitrogens is 1. The molecule has 0 aliphatic heterocycles. The monoisotopic (exact) mass is 213 g/mol. The summed E-state index contributed by atoms with van der Waals surface area (Å²) in [7, 11) is 0. The molecular weight excluding hydrogens is 202 g/mol. The van der Waals surface area contributed by atoms with Crippen LogP contribution >= 0.6 is 0 Å². The fraction of sp³-hybridized carbons (Fsp3) is 0.375. The number of oxazole rings is 1. The van der Waals surface area contributed by atoms with Crippen LogP contribution in [0.1, 0.15) is 17.4 Å². The first-order valence-corrected chi connectivity index (χ1v) is 4.33. The maximum absolute atomic E-state index is 11.0. The van der Waals surface area contributed by atoms with Crippen molar-refractivity contribution >= 4 is 17.9 Å². The molecular formula is C8H11N3O4. The van der Waals surface area contributed by atoms with Gasteiger partial charge in [0.25, 0.3) is 6.01 Å². The lowest BCUT2D eigenvalue weighted by atomic mass is 10.5. The quantitative estimate of drug-likeness (QED) is 0.632. The summed E-state index contributed by atoms with van der Waals surface area (Å²) >= 11 is 0. The molecule has 0 aliphatic rings. The molecule has 0 saturated carbocycles. The first kappa shape index (κ1) is 11.0. The Hall–Kier alpha value is -2.05. The Morgan fingerprint density at radius 3 is 2.87 bits per heavy atom. The molecule has 1 heterocycles. The molecule has 0 bridgehead atoms. The molecule has 0 fully saturated rings. The average Bonchev–Trinajstić information content (AvgIpc) is 2.63. The number of aromatic carboxylic acids is 1. The standard InChI is InChI=1S/C8H11N3O4/c1-2-9-6(12)3-10-8-11-5(4-15-8)7(13)14/h4H,2-3H2,1H3,(H,9,12)(H,10,11)(H,13,14). The van der Waals surface area contributed by atoms with Crippen molar-refractivity contribution in [3.05, 3.63) is 12.0 Å². The largest absolute Gasteiger partial charge is 0.476 e. The van der Waals surface area contributed by atoms with E-state index >= 15 is 0 Å². The second kappa shape index (κ2) is 4.99. The van der Waals surface area contributed by atoms with Gasteiger partial charge in [-0.3, -0.25) is 4.79 Å². The predicted molar refractivity (Wildman–Crippen MR) is 50.6 cm³/mol. The zero-order valence-corrected chi connectivity index (χ0v) is 8.11. The number of carboxylic acid groups (broad SMARTS) is 1. The van der Waals surface area contributed by atoms with Gasteiger partial charge in [-0.2, -0.15) is 4.98 Å². The highest BCUT2D eigenvalue weighted by molar-refractivity contribution is 5.85. The van der Waals surface area contributed by atoms with Crippen LogP contribution in [0, 0.1) is 0 Å². The van der Waals surface area contributed by atoms with Crippen LogP contribution in [0.3, 0.4) is 0 Å². The molecule has 0 atom stereocenters. The average molecular weight is 213 g/mol. The van der Waals surface area contributed by atoms with E-state index in [9.17, 15) is 9.59 Å². The molecule has 1 rings (SSSR count). The summed E-state index contributed by atoms with van der Waals surface area (Å²) in [4.78, 5) is 25.0. The minimum Gasteiger partial charge on any atom is -0.476 e. The molecule has 7 nitrogen and oxygen atoms in total. The van der Waals surface area contributed by atoms with E-state index in [2.05, 4.69) is 15.6 Å². The van der Waals surface area contributed by atoms with Gasteiger partial charge in [0, 0.05) is 6.54 Å². The molecule has 0 saturated heterocycles. The van der Waals surface area contributed by atoms with Crippen LogP contribution in [0.25, 0.3) is 0 Å². The Morgan fingerprint density at radius 1 is 1.60 bits per heavy atom. The van der Waals surface area contributed by atoms with Crippen molar-refractivity contribution in [2.24, 2.45) is 0 Å². The molecule has 82 valence electrons. The molecule has 0 unspecified atom stereocenters. The number of carbonyl (C=O) groups excluding carboxylic acids is 1. The van der Waals surface area contributed by atoms with E-state index < -0.39 is 5.97 Å². The van der Waals surface area contributed by atoms with Crippen LogP contribution in [0.2, 0.25) is 0 Å². The second-order valence-electron chi connectivity index (χ2n) is 2.65. The van der Waals surface area contributed by atoms with Gasteiger partial charge in [0.05, 0.1) is 6.54 Å². The summed E-state index contributed by atoms with van der Waals surface area (Å²) < 4.78 is 4.77. The van der Waals surface area contributed by atoms with Crippen molar-refractivity contribution in [1.82, 2.24) is 10.3 Å². The number of anilines is 1. The number of hydrogen-bond donors (Lipinski definition) is 3. The van der Waals surface area contributed by atoms with E-state index in [4.69, 9.17) is 9.52 Å². The van der Waals surface area contributed by atoms with Crippen LogP contribution in [0.15, 0.2) is 10.7 Å². The SMILES string of the molecule is CCNC(=O)CNc1nc(C(=O)O)co1. The van der Waals surface area contributed by atoms with Crippen molar-refractivity contribution in [2.75, 3.05) is 18.4 Å². The number of carboxylic acids is 1. The Balaban J connectivity index is 2.44. The van der Waals surface area contributed by atoms with E-state index in [0.29, 0.717) is 6.54 Å². The lowest BCUT2D eigenvalue weighted by Gasteiger charge is -2.01. The fourth-order valence-corrected chi connectivity index (χ4v) is 0.869. The van der Waals surface area contributed by atoms with E-state index in [0.717, 1.165) is 6.26 Å². The molecule has 1 aromatic heterocycles. The van der Waals surface area contributed by atoms with E-state index in [1.165, 1.54) is 0 Å². The van der Waals surface area contributed by atoms with Crippen molar-refractivity contribution < 1.29 is 19.1 Å². The van der Waals surface area contributed by atoms with Crippen LogP contribution in [-0.2, 0) is 4.79 Å². The zero-order chi connectivity index (χ0) is 11.3. The third kappa shape index (κ3) is 3.29. The minimum absolute atomic E-state index is 0.00654. The third-order valence-corrected chi connectivity index (χ3v) is 1.50. The van der Waals surface area contributed by atoms with E-state index in [1.807, 2.05) is 0 Å². The number of likely N-dealkylation sites (N-methyl/N-ethyl adjacent to an activating group) is 1. The van der Waals surface area contributed by atoms with Crippen molar-refractivity contribution in [2.45, 2.75) is 6.92 Å². The van der Waals surface area contributed by atoms with Gasteiger partial charge in [-0.1, -0.05) is 0 Å². The summed E-state index contributed by atoms with van der Waals surface area (Å²) in [6.45, 7) is 2.32. The molecule has 1 aromatic rings. The molecule has 3 N–H and O–H groups in total. The highest BCUT2D eigenvalue weighted by Gasteiger charge is 2.10. The van der Waals surface area contributed by atoms with Gasteiger partial charge >= 0.3 is 5.97 Å². The summed E-state index contributed by atoms with van der Waals surface area (Å²) in [5.74, 6) is -1.39. The summed E-state index contributed by atoms with van der Waals surface area (Å²) in [5, 5.41) is 13.6. The first-order valence-electron chi connectivity index (χ1n) is 4.33. The van der Waals surface area contributed by atoms with Crippen LogP contribution < -0.4 is 10.6 Å². The summed E-state index contributed by atoms with van der Waals surface area (Å²) in [5.41, 5.74) is -0.201. The highest BCUT2D eigenvalue weighted by atomic mass is 16.4. The van der Waals surface area contributed by atoms with Gasteiger partial charge in [0.2, 0.25) is 5.91 Å². The summed E-state index contributed by atoms with van der Waals surface area (Å²) in [6.07, 6.45) is 1.00. The normalized spacial score (nSPS) is 9.67. The van der Waals surface area contributed by atoms with Crippen molar-refractivity contribution in [3.8, 4) is 0 Å². The number of carbonyl (C=O) groups is 2. The Bertz CT molecular complexity index is 361. The zero-order valence-electron chi connectivity index (χ0n) is 8.11. The maximum atomic E-state index is 11.0. The van der Waals surface area contributed by atoms with Gasteiger partial charge in [-0.05, 0) is 6.92 Å². The number of nitrogens with zero attached hydrogens (tertiary/aromatic N) is 1. The number of rotatable bonds is 5. The highest BCUT2D eigenvalue weighted by Crippen LogP contribution is 2.06. The molecule has 0 spiro atoms. The Morgan fingerprint density at radius 2 is 2.33 bits per heavy atom. The molecule has 0 radical (unpaired) electrons. The molecule has 0 aromatic carbocycles. The van der Waals surface area contributed by atoms with Crippen molar-refractivity contribution in [1.29, 1.82) is 0 Å². The van der Waals surface area contributed by atoms with Gasteiger partial charge in [0.15, 0.2) is 5.69 Å². The van der Waals surface area contributed by atoms with Crippen molar-refractivity contribution in [3.63, 3.8) is 0 Å². The van der Waals surface area contributed by atoms with Gasteiger partial charge in [0.1, 0.15) is 6.26 Å². The van der Waals surface area contributed by atoms with Gasteiger partial charge in [-0.25, -0.2) is 4.79 Å². The lowest BCUT2D eigenvalue weighted by molar-refractivity contribution is -0.119. The second-order valence-corrected chi connectivity index (χ2v) is 2.65. The van der Waals surface area contributed by atoms with Crippen LogP contribution in [-0.4, -0.2) is 35.1 Å². The Kier molecular flexibility index (Phi) is 3.67. The number of nitrogens with one attached hydrogen (secondary N) is 2. The minimum atomic E-state index is -1.18. The molecule has 0 aliphatic carbocycles. The first-order chi connectivity index (χ1) is 7.13. The Labute approximate surface area is 85.5 Å². The summed E-state index contributed by atoms with van der Waals surface area (Å²) in [6, 6.07) is 0.0126. The number of amides is 1.